The molecule has 1 heterocycles. The van der Waals surface area contributed by atoms with E-state index in [4.69, 9.17) is 10.7 Å². The van der Waals surface area contributed by atoms with Crippen LogP contribution in [-0.2, 0) is 11.3 Å². The average molecular weight is 473 g/mol. The zero-order chi connectivity index (χ0) is 24.9. The molecule has 0 unspecified atom stereocenters. The Morgan fingerprint density at radius 2 is 1.79 bits per heavy atom. The summed E-state index contributed by atoms with van der Waals surface area (Å²) in [5, 5.41) is 0. The summed E-state index contributed by atoms with van der Waals surface area (Å²) in [6, 6.07) is 11.2. The van der Waals surface area contributed by atoms with Gasteiger partial charge in [0.05, 0.1) is 11.7 Å². The lowest BCUT2D eigenvalue weighted by atomic mass is 9.85. The van der Waals surface area contributed by atoms with Gasteiger partial charge in [0.1, 0.15) is 24.1 Å². The summed E-state index contributed by atoms with van der Waals surface area (Å²) < 4.78 is 42.6. The van der Waals surface area contributed by atoms with Gasteiger partial charge in [0, 0.05) is 30.9 Å². The molecule has 2 N–H and O–H groups in total. The van der Waals surface area contributed by atoms with Crippen molar-refractivity contribution in [2.45, 2.75) is 45.8 Å². The van der Waals surface area contributed by atoms with E-state index in [9.17, 15) is 18.0 Å². The van der Waals surface area contributed by atoms with Gasteiger partial charge in [-0.2, -0.15) is 0 Å². The van der Waals surface area contributed by atoms with Crippen LogP contribution in [0.3, 0.4) is 0 Å². The fraction of sp³-hybridized carbons (Fsp3) is 0.385. The molecular weight excluding hydrogens is 441 g/mol. The molecule has 0 radical (unpaired) electrons. The minimum Gasteiger partial charge on any atom is -0.334 e. The van der Waals surface area contributed by atoms with E-state index >= 15 is 0 Å². The van der Waals surface area contributed by atoms with Crippen LogP contribution in [0.15, 0.2) is 54.7 Å². The fourth-order valence-electron chi connectivity index (χ4n) is 4.06. The highest BCUT2D eigenvalue weighted by Crippen LogP contribution is 2.38. The number of alkyl halides is 1. The van der Waals surface area contributed by atoms with E-state index in [-0.39, 0.29) is 18.2 Å². The van der Waals surface area contributed by atoms with Gasteiger partial charge in [-0.3, -0.25) is 4.79 Å². The molecule has 182 valence electrons. The second-order valence-corrected chi connectivity index (χ2v) is 9.57. The SMILES string of the molecule is CC(C)(C)[C@H](c1nc(-c2cccc(F)c2)cn1Cc1cccc(F)c1)N(C=O)CC[C@@H](N)CF. The number of rotatable bonds is 10. The van der Waals surface area contributed by atoms with E-state index in [1.807, 2.05) is 25.3 Å². The number of carbonyl (C=O) groups excluding carboxylic acids is 1. The maximum absolute atomic E-state index is 13.9. The average Bonchev–Trinajstić information content (AvgIpc) is 3.18. The Labute approximate surface area is 198 Å². The molecule has 0 bridgehead atoms. The van der Waals surface area contributed by atoms with Gasteiger partial charge in [-0.15, -0.1) is 0 Å². The number of nitrogens with zero attached hydrogens (tertiary/aromatic N) is 3. The van der Waals surface area contributed by atoms with Gasteiger partial charge >= 0.3 is 0 Å². The van der Waals surface area contributed by atoms with E-state index in [1.165, 1.54) is 24.3 Å². The highest BCUT2D eigenvalue weighted by atomic mass is 19.1. The quantitative estimate of drug-likeness (QED) is 0.417. The van der Waals surface area contributed by atoms with Crippen molar-refractivity contribution in [3.8, 4) is 11.3 Å². The second-order valence-electron chi connectivity index (χ2n) is 9.57. The molecule has 0 saturated carbocycles. The van der Waals surface area contributed by atoms with Crippen molar-refractivity contribution in [1.82, 2.24) is 14.5 Å². The summed E-state index contributed by atoms with van der Waals surface area (Å²) in [6.45, 7) is 5.81. The molecule has 2 aromatic carbocycles. The summed E-state index contributed by atoms with van der Waals surface area (Å²) in [7, 11) is 0. The number of aromatic nitrogens is 2. The Morgan fingerprint density at radius 1 is 1.12 bits per heavy atom. The molecule has 0 aliphatic heterocycles. The van der Waals surface area contributed by atoms with Crippen LogP contribution in [0.5, 0.6) is 0 Å². The molecule has 0 aliphatic carbocycles. The summed E-state index contributed by atoms with van der Waals surface area (Å²) in [5.41, 5.74) is 7.14. The predicted octanol–water partition coefficient (Wildman–Crippen LogP) is 5.11. The van der Waals surface area contributed by atoms with E-state index < -0.39 is 24.2 Å². The summed E-state index contributed by atoms with van der Waals surface area (Å²) >= 11 is 0. The highest BCUT2D eigenvalue weighted by molar-refractivity contribution is 5.59. The van der Waals surface area contributed by atoms with E-state index in [2.05, 4.69) is 0 Å². The zero-order valence-corrected chi connectivity index (χ0v) is 19.7. The lowest BCUT2D eigenvalue weighted by Gasteiger charge is -2.38. The minimum atomic E-state index is -0.676. The van der Waals surface area contributed by atoms with Crippen LogP contribution in [0.2, 0.25) is 0 Å². The van der Waals surface area contributed by atoms with E-state index in [1.54, 1.807) is 35.4 Å². The third-order valence-electron chi connectivity index (χ3n) is 5.66. The number of hydrogen-bond donors (Lipinski definition) is 1. The molecular formula is C26H31F3N4O. The molecule has 3 aromatic rings. The van der Waals surface area contributed by atoms with Crippen molar-refractivity contribution in [3.63, 3.8) is 0 Å². The molecule has 5 nitrogen and oxygen atoms in total. The molecule has 0 aliphatic rings. The molecule has 1 amide bonds. The van der Waals surface area contributed by atoms with Gasteiger partial charge in [-0.05, 0) is 41.7 Å². The Morgan fingerprint density at radius 3 is 2.38 bits per heavy atom. The molecule has 0 spiro atoms. The first-order chi connectivity index (χ1) is 16.1. The van der Waals surface area contributed by atoms with Gasteiger partial charge < -0.3 is 15.2 Å². The Hall–Kier alpha value is -3.13. The Balaban J connectivity index is 2.11. The smallest absolute Gasteiger partial charge is 0.210 e. The fourth-order valence-corrected chi connectivity index (χ4v) is 4.06. The lowest BCUT2D eigenvalue weighted by Crippen LogP contribution is -2.40. The maximum Gasteiger partial charge on any atom is 0.210 e. The minimum absolute atomic E-state index is 0.249. The molecule has 34 heavy (non-hydrogen) atoms. The number of hydrogen-bond acceptors (Lipinski definition) is 3. The van der Waals surface area contributed by atoms with Gasteiger partial charge in [-0.25, -0.2) is 18.2 Å². The van der Waals surface area contributed by atoms with Crippen molar-refractivity contribution < 1.29 is 18.0 Å². The van der Waals surface area contributed by atoms with Crippen molar-refractivity contribution >= 4 is 6.41 Å². The number of nitrogens with two attached hydrogens (primary N) is 1. The molecule has 1 aromatic heterocycles. The number of benzene rings is 2. The number of amides is 1. The standard InChI is InChI=1S/C26H31F3N4O/c1-26(2,3)24(32(17-34)11-10-22(30)14-27)25-31-23(19-7-5-9-21(29)13-19)16-33(25)15-18-6-4-8-20(28)12-18/h4-9,12-13,16-17,22,24H,10-11,14-15,30H2,1-3H3/t22-,24+/m1/s1. The molecule has 8 heteroatoms. The topological polar surface area (TPSA) is 64.2 Å². The van der Waals surface area contributed by atoms with Crippen molar-refractivity contribution in [3.05, 3.63) is 77.8 Å². The predicted molar refractivity (Wildman–Crippen MR) is 127 cm³/mol. The number of halogens is 3. The monoisotopic (exact) mass is 472 g/mol. The zero-order valence-electron chi connectivity index (χ0n) is 19.7. The largest absolute Gasteiger partial charge is 0.334 e. The lowest BCUT2D eigenvalue weighted by molar-refractivity contribution is -0.123. The first-order valence-electron chi connectivity index (χ1n) is 11.2. The van der Waals surface area contributed by atoms with Crippen LogP contribution in [0.25, 0.3) is 11.3 Å². The third-order valence-corrected chi connectivity index (χ3v) is 5.66. The van der Waals surface area contributed by atoms with Crippen molar-refractivity contribution in [1.29, 1.82) is 0 Å². The van der Waals surface area contributed by atoms with Crippen LogP contribution in [0.4, 0.5) is 13.2 Å². The van der Waals surface area contributed by atoms with Crippen LogP contribution >= 0.6 is 0 Å². The van der Waals surface area contributed by atoms with Crippen LogP contribution in [-0.4, -0.2) is 40.1 Å². The van der Waals surface area contributed by atoms with Crippen molar-refractivity contribution in [2.24, 2.45) is 11.1 Å². The van der Waals surface area contributed by atoms with Crippen LogP contribution in [0, 0.1) is 17.0 Å². The maximum atomic E-state index is 13.9. The van der Waals surface area contributed by atoms with Crippen LogP contribution in [0.1, 0.15) is 44.6 Å². The molecule has 3 rings (SSSR count). The van der Waals surface area contributed by atoms with Gasteiger partial charge in [-0.1, -0.05) is 45.0 Å². The van der Waals surface area contributed by atoms with Gasteiger partial charge in [0.25, 0.3) is 0 Å². The van der Waals surface area contributed by atoms with Gasteiger partial charge in [0.15, 0.2) is 0 Å². The molecule has 2 atom stereocenters. The third kappa shape index (κ3) is 6.26. The Kier molecular flexibility index (Phi) is 8.15. The normalized spacial score (nSPS) is 13.5. The summed E-state index contributed by atoms with van der Waals surface area (Å²) in [5.74, 6) is -0.176. The molecule has 0 fully saturated rings. The first-order valence-corrected chi connectivity index (χ1v) is 11.2. The summed E-state index contributed by atoms with van der Waals surface area (Å²) in [6.07, 6.45) is 2.80. The number of carbonyl (C=O) groups is 1. The highest BCUT2D eigenvalue weighted by Gasteiger charge is 2.35. The Bertz CT molecular complexity index is 1110. The molecule has 0 saturated heterocycles. The van der Waals surface area contributed by atoms with Gasteiger partial charge in [0.2, 0.25) is 6.41 Å². The van der Waals surface area contributed by atoms with Crippen molar-refractivity contribution in [2.75, 3.05) is 13.2 Å². The van der Waals surface area contributed by atoms with Crippen LogP contribution < -0.4 is 5.73 Å². The summed E-state index contributed by atoms with van der Waals surface area (Å²) in [4.78, 5) is 18.6. The van der Waals surface area contributed by atoms with E-state index in [0.29, 0.717) is 35.6 Å². The first kappa shape index (κ1) is 25.5. The second kappa shape index (κ2) is 10.9. The van der Waals surface area contributed by atoms with E-state index in [0.717, 1.165) is 6.41 Å². The number of imidazole rings is 1.